The number of aromatic nitrogens is 1. The number of likely N-dealkylation sites (tertiary alicyclic amines) is 1. The molecule has 19 heavy (non-hydrogen) atoms. The Balaban J connectivity index is 1.76. The molecule has 2 heterocycles. The van der Waals surface area contributed by atoms with E-state index in [1.807, 2.05) is 6.20 Å². The summed E-state index contributed by atoms with van der Waals surface area (Å²) >= 11 is 1.72. The number of hydrogen-bond donors (Lipinski definition) is 2. The quantitative estimate of drug-likeness (QED) is 0.832. The summed E-state index contributed by atoms with van der Waals surface area (Å²) in [4.78, 5) is 19.0. The van der Waals surface area contributed by atoms with E-state index in [1.54, 1.807) is 11.3 Å². The molecule has 0 bridgehead atoms. The summed E-state index contributed by atoms with van der Waals surface area (Å²) in [6.07, 6.45) is 4.64. The molecular formula is C13H22N4OS. The summed E-state index contributed by atoms with van der Waals surface area (Å²) in [6, 6.07) is 0. The fourth-order valence-electron chi connectivity index (χ4n) is 2.47. The third-order valence-corrected chi connectivity index (χ3v) is 4.40. The van der Waals surface area contributed by atoms with Crippen molar-refractivity contribution in [1.29, 1.82) is 0 Å². The van der Waals surface area contributed by atoms with Gasteiger partial charge in [-0.1, -0.05) is 0 Å². The summed E-state index contributed by atoms with van der Waals surface area (Å²) in [5, 5.41) is 4.23. The minimum atomic E-state index is -0.170. The van der Waals surface area contributed by atoms with Gasteiger partial charge < -0.3 is 11.1 Å². The van der Waals surface area contributed by atoms with Gasteiger partial charge in [0.2, 0.25) is 5.91 Å². The van der Waals surface area contributed by atoms with Gasteiger partial charge in [0, 0.05) is 30.6 Å². The molecule has 5 nitrogen and oxygen atoms in total. The second-order valence-electron chi connectivity index (χ2n) is 5.05. The zero-order chi connectivity index (χ0) is 13.7. The first-order valence-corrected chi connectivity index (χ1v) is 7.68. The number of piperidine rings is 1. The van der Waals surface area contributed by atoms with Crippen molar-refractivity contribution in [3.05, 3.63) is 11.1 Å². The molecule has 0 radical (unpaired) electrons. The lowest BCUT2D eigenvalue weighted by Gasteiger charge is -2.30. The molecule has 0 atom stereocenters. The maximum Gasteiger partial charge on any atom is 0.217 e. The first kappa shape index (κ1) is 14.3. The van der Waals surface area contributed by atoms with E-state index in [9.17, 15) is 4.79 Å². The van der Waals surface area contributed by atoms with E-state index in [0.717, 1.165) is 44.2 Å². The van der Waals surface area contributed by atoms with Crippen LogP contribution in [-0.4, -0.2) is 35.4 Å². The molecule has 1 amide bonds. The van der Waals surface area contributed by atoms with Crippen LogP contribution in [0.5, 0.6) is 0 Å². The standard InChI is InChI=1S/C13H22N4OS/c1-2-15-13-16-8-11(19-13)9-17-5-3-10(4-6-17)7-12(14)18/h8,10H,2-7,9H2,1H3,(H2,14,18)(H,15,16). The van der Waals surface area contributed by atoms with Gasteiger partial charge in [0.25, 0.3) is 0 Å². The van der Waals surface area contributed by atoms with Crippen LogP contribution in [0, 0.1) is 5.92 Å². The molecule has 1 aromatic rings. The van der Waals surface area contributed by atoms with Crippen LogP contribution >= 0.6 is 11.3 Å². The molecule has 3 N–H and O–H groups in total. The number of nitrogens with zero attached hydrogens (tertiary/aromatic N) is 2. The normalized spacial score (nSPS) is 17.5. The van der Waals surface area contributed by atoms with Gasteiger partial charge in [-0.15, -0.1) is 11.3 Å². The summed E-state index contributed by atoms with van der Waals surface area (Å²) in [5.41, 5.74) is 5.25. The zero-order valence-electron chi connectivity index (χ0n) is 11.4. The first-order chi connectivity index (χ1) is 9.17. The van der Waals surface area contributed by atoms with E-state index >= 15 is 0 Å². The topological polar surface area (TPSA) is 71.2 Å². The molecule has 1 aliphatic rings. The Hall–Kier alpha value is -1.14. The summed E-state index contributed by atoms with van der Waals surface area (Å²) in [5.74, 6) is 0.309. The Morgan fingerprint density at radius 1 is 1.58 bits per heavy atom. The van der Waals surface area contributed by atoms with Crippen LogP contribution in [0.4, 0.5) is 5.13 Å². The summed E-state index contributed by atoms with van der Waals surface area (Å²) in [6.45, 7) is 6.04. The van der Waals surface area contributed by atoms with Gasteiger partial charge >= 0.3 is 0 Å². The fourth-order valence-corrected chi connectivity index (χ4v) is 3.39. The molecule has 2 rings (SSSR count). The van der Waals surface area contributed by atoms with E-state index in [2.05, 4.69) is 22.1 Å². The van der Waals surface area contributed by atoms with Gasteiger partial charge in [-0.25, -0.2) is 4.98 Å². The predicted octanol–water partition coefficient (Wildman–Crippen LogP) is 1.66. The molecule has 0 spiro atoms. The Labute approximate surface area is 118 Å². The number of nitrogens with one attached hydrogen (secondary N) is 1. The van der Waals surface area contributed by atoms with Crippen molar-refractivity contribution in [1.82, 2.24) is 9.88 Å². The lowest BCUT2D eigenvalue weighted by Crippen LogP contribution is -2.34. The lowest BCUT2D eigenvalue weighted by atomic mass is 9.93. The number of anilines is 1. The van der Waals surface area contributed by atoms with Crippen molar-refractivity contribution < 1.29 is 4.79 Å². The maximum absolute atomic E-state index is 10.9. The SMILES string of the molecule is CCNc1ncc(CN2CCC(CC(N)=O)CC2)s1. The van der Waals surface area contributed by atoms with E-state index in [4.69, 9.17) is 5.73 Å². The largest absolute Gasteiger partial charge is 0.370 e. The van der Waals surface area contributed by atoms with Crippen LogP contribution in [-0.2, 0) is 11.3 Å². The molecule has 0 unspecified atom stereocenters. The molecule has 1 saturated heterocycles. The minimum absolute atomic E-state index is 0.170. The van der Waals surface area contributed by atoms with Crippen LogP contribution in [0.2, 0.25) is 0 Å². The molecule has 1 fully saturated rings. The Bertz CT molecular complexity index is 413. The zero-order valence-corrected chi connectivity index (χ0v) is 12.2. The highest BCUT2D eigenvalue weighted by Crippen LogP contribution is 2.24. The number of rotatable bonds is 6. The van der Waals surface area contributed by atoms with Gasteiger partial charge in [-0.2, -0.15) is 0 Å². The Morgan fingerprint density at radius 2 is 2.32 bits per heavy atom. The monoisotopic (exact) mass is 282 g/mol. The van der Waals surface area contributed by atoms with Gasteiger partial charge in [0.1, 0.15) is 0 Å². The highest BCUT2D eigenvalue weighted by molar-refractivity contribution is 7.15. The van der Waals surface area contributed by atoms with E-state index < -0.39 is 0 Å². The molecule has 1 aromatic heterocycles. The number of thiazole rings is 1. The molecule has 1 aliphatic heterocycles. The number of hydrogen-bond acceptors (Lipinski definition) is 5. The number of carbonyl (C=O) groups is 1. The van der Waals surface area contributed by atoms with Crippen LogP contribution in [0.1, 0.15) is 31.1 Å². The molecule has 0 saturated carbocycles. The van der Waals surface area contributed by atoms with Crippen LogP contribution in [0.15, 0.2) is 6.20 Å². The van der Waals surface area contributed by atoms with Gasteiger partial charge in [0.15, 0.2) is 5.13 Å². The van der Waals surface area contributed by atoms with Crippen LogP contribution in [0.25, 0.3) is 0 Å². The maximum atomic E-state index is 10.9. The summed E-state index contributed by atoms with van der Waals surface area (Å²) in [7, 11) is 0. The average Bonchev–Trinajstić information content (AvgIpc) is 2.79. The van der Waals surface area contributed by atoms with Crippen molar-refractivity contribution in [2.45, 2.75) is 32.7 Å². The fraction of sp³-hybridized carbons (Fsp3) is 0.692. The summed E-state index contributed by atoms with van der Waals surface area (Å²) < 4.78 is 0. The highest BCUT2D eigenvalue weighted by Gasteiger charge is 2.21. The molecule has 0 aromatic carbocycles. The average molecular weight is 282 g/mol. The number of carbonyl (C=O) groups excluding carboxylic acids is 1. The number of primary amides is 1. The van der Waals surface area contributed by atoms with Crippen LogP contribution in [0.3, 0.4) is 0 Å². The lowest BCUT2D eigenvalue weighted by molar-refractivity contribution is -0.119. The molecule has 6 heteroatoms. The van der Waals surface area contributed by atoms with E-state index in [-0.39, 0.29) is 5.91 Å². The molecule has 0 aliphatic carbocycles. The first-order valence-electron chi connectivity index (χ1n) is 6.86. The Morgan fingerprint density at radius 3 is 2.95 bits per heavy atom. The number of nitrogens with two attached hydrogens (primary N) is 1. The second kappa shape index (κ2) is 6.86. The van der Waals surface area contributed by atoms with E-state index in [1.165, 1.54) is 4.88 Å². The van der Waals surface area contributed by atoms with Gasteiger partial charge in [-0.3, -0.25) is 9.69 Å². The third-order valence-electron chi connectivity index (χ3n) is 3.46. The molecule has 106 valence electrons. The van der Waals surface area contributed by atoms with Crippen molar-refractivity contribution >= 4 is 22.4 Å². The van der Waals surface area contributed by atoms with E-state index in [0.29, 0.717) is 12.3 Å². The van der Waals surface area contributed by atoms with Crippen molar-refractivity contribution in [2.75, 3.05) is 25.0 Å². The number of amides is 1. The van der Waals surface area contributed by atoms with Crippen molar-refractivity contribution in [3.8, 4) is 0 Å². The van der Waals surface area contributed by atoms with Crippen molar-refractivity contribution in [2.24, 2.45) is 11.7 Å². The smallest absolute Gasteiger partial charge is 0.217 e. The molecular weight excluding hydrogens is 260 g/mol. The Kier molecular flexibility index (Phi) is 5.15. The highest BCUT2D eigenvalue weighted by atomic mass is 32.1. The second-order valence-corrected chi connectivity index (χ2v) is 6.17. The predicted molar refractivity (Wildman–Crippen MR) is 78.1 cm³/mol. The van der Waals surface area contributed by atoms with Crippen molar-refractivity contribution in [3.63, 3.8) is 0 Å². The van der Waals surface area contributed by atoms with Gasteiger partial charge in [0.05, 0.1) is 0 Å². The van der Waals surface area contributed by atoms with Gasteiger partial charge in [-0.05, 0) is 38.8 Å². The minimum Gasteiger partial charge on any atom is -0.370 e. The third kappa shape index (κ3) is 4.47. The van der Waals surface area contributed by atoms with Crippen LogP contribution < -0.4 is 11.1 Å².